The normalized spacial score (nSPS) is 16.9. The van der Waals surface area contributed by atoms with Gasteiger partial charge >= 0.3 is 0 Å². The molecule has 0 radical (unpaired) electrons. The highest BCUT2D eigenvalue weighted by Gasteiger charge is 2.19. The Hall–Kier alpha value is -1.59. The summed E-state index contributed by atoms with van der Waals surface area (Å²) in [6.07, 6.45) is 0.0250. The van der Waals surface area contributed by atoms with E-state index < -0.39 is 0 Å². The molecule has 2 aromatic rings. The Balaban J connectivity index is 1.51. The molecule has 0 bridgehead atoms. The van der Waals surface area contributed by atoms with Gasteiger partial charge in [-0.1, -0.05) is 18.2 Å². The topological polar surface area (TPSA) is 43.4 Å². The maximum atomic E-state index is 5.88. The van der Waals surface area contributed by atoms with Crippen molar-refractivity contribution in [2.75, 3.05) is 13.2 Å². The number of benzene rings is 1. The summed E-state index contributed by atoms with van der Waals surface area (Å²) >= 11 is 3.37. The van der Waals surface area contributed by atoms with Crippen LogP contribution in [0.1, 0.15) is 5.69 Å². The summed E-state index contributed by atoms with van der Waals surface area (Å²) in [5, 5.41) is 3.34. The molecular formula is C15H15BrN2O2. The monoisotopic (exact) mass is 334 g/mol. The smallest absolute Gasteiger partial charge is 0.161 e. The zero-order chi connectivity index (χ0) is 13.8. The number of fused-ring (bicyclic) bond motifs is 1. The Kier molecular flexibility index (Phi) is 4.18. The lowest BCUT2D eigenvalue weighted by Crippen LogP contribution is -2.38. The fraction of sp³-hybridized carbons (Fsp3) is 0.267. The van der Waals surface area contributed by atoms with Gasteiger partial charge in [0.05, 0.1) is 5.69 Å². The predicted molar refractivity (Wildman–Crippen MR) is 80.0 cm³/mol. The van der Waals surface area contributed by atoms with Crippen LogP contribution in [-0.2, 0) is 6.54 Å². The Morgan fingerprint density at radius 2 is 2.00 bits per heavy atom. The third-order valence-corrected chi connectivity index (χ3v) is 3.46. The number of para-hydroxylation sites is 2. The number of aromatic nitrogens is 1. The molecule has 1 atom stereocenters. The molecule has 3 rings (SSSR count). The number of nitrogens with zero attached hydrogens (tertiary/aromatic N) is 1. The van der Waals surface area contributed by atoms with Crippen molar-refractivity contribution in [1.29, 1.82) is 0 Å². The van der Waals surface area contributed by atoms with Crippen LogP contribution in [0.3, 0.4) is 0 Å². The number of hydrogen-bond donors (Lipinski definition) is 1. The quantitative estimate of drug-likeness (QED) is 0.873. The van der Waals surface area contributed by atoms with Crippen LogP contribution in [0.4, 0.5) is 0 Å². The zero-order valence-corrected chi connectivity index (χ0v) is 12.5. The van der Waals surface area contributed by atoms with Gasteiger partial charge in [0.2, 0.25) is 0 Å². The SMILES string of the molecule is Brc1cccc(CNCC2COc3ccccc3O2)n1. The highest BCUT2D eigenvalue weighted by molar-refractivity contribution is 9.10. The summed E-state index contributed by atoms with van der Waals surface area (Å²) in [5.74, 6) is 1.63. The summed E-state index contributed by atoms with van der Waals surface area (Å²) < 4.78 is 12.4. The summed E-state index contributed by atoms with van der Waals surface area (Å²) in [7, 11) is 0. The van der Waals surface area contributed by atoms with Gasteiger partial charge in [0.25, 0.3) is 0 Å². The highest BCUT2D eigenvalue weighted by Crippen LogP contribution is 2.30. The second kappa shape index (κ2) is 6.24. The lowest BCUT2D eigenvalue weighted by molar-refractivity contribution is 0.0901. The number of rotatable bonds is 4. The van der Waals surface area contributed by atoms with Gasteiger partial charge in [-0.05, 0) is 40.2 Å². The fourth-order valence-corrected chi connectivity index (χ4v) is 2.45. The van der Waals surface area contributed by atoms with Crippen LogP contribution in [0.15, 0.2) is 47.1 Å². The molecule has 0 aliphatic carbocycles. The Morgan fingerprint density at radius 3 is 2.85 bits per heavy atom. The van der Waals surface area contributed by atoms with Crippen molar-refractivity contribution >= 4 is 15.9 Å². The van der Waals surface area contributed by atoms with Crippen molar-refractivity contribution in [2.24, 2.45) is 0 Å². The number of halogens is 1. The molecule has 0 spiro atoms. The molecule has 104 valence electrons. The largest absolute Gasteiger partial charge is 0.486 e. The van der Waals surface area contributed by atoms with Gasteiger partial charge in [-0.2, -0.15) is 0 Å². The first-order chi connectivity index (χ1) is 9.81. The van der Waals surface area contributed by atoms with E-state index in [9.17, 15) is 0 Å². The molecule has 0 saturated carbocycles. The highest BCUT2D eigenvalue weighted by atomic mass is 79.9. The first-order valence-corrected chi connectivity index (χ1v) is 7.31. The Morgan fingerprint density at radius 1 is 1.15 bits per heavy atom. The first-order valence-electron chi connectivity index (χ1n) is 6.52. The van der Waals surface area contributed by atoms with Crippen LogP contribution in [0.5, 0.6) is 11.5 Å². The molecule has 1 unspecified atom stereocenters. The second-order valence-corrected chi connectivity index (χ2v) is 5.39. The summed E-state index contributed by atoms with van der Waals surface area (Å²) in [5.41, 5.74) is 0.997. The molecule has 0 amide bonds. The van der Waals surface area contributed by atoms with Crippen molar-refractivity contribution in [2.45, 2.75) is 12.6 Å². The van der Waals surface area contributed by atoms with E-state index in [1.807, 2.05) is 42.5 Å². The second-order valence-electron chi connectivity index (χ2n) is 4.58. The van der Waals surface area contributed by atoms with E-state index in [-0.39, 0.29) is 6.10 Å². The van der Waals surface area contributed by atoms with Crippen LogP contribution < -0.4 is 14.8 Å². The molecule has 0 fully saturated rings. The third-order valence-electron chi connectivity index (χ3n) is 3.02. The zero-order valence-electron chi connectivity index (χ0n) is 10.9. The van der Waals surface area contributed by atoms with Crippen LogP contribution in [0, 0.1) is 0 Å². The van der Waals surface area contributed by atoms with Gasteiger partial charge in [0, 0.05) is 13.1 Å². The molecule has 4 nitrogen and oxygen atoms in total. The minimum absolute atomic E-state index is 0.0250. The number of hydrogen-bond acceptors (Lipinski definition) is 4. The van der Waals surface area contributed by atoms with E-state index >= 15 is 0 Å². The van der Waals surface area contributed by atoms with E-state index in [1.54, 1.807) is 0 Å². The summed E-state index contributed by atoms with van der Waals surface area (Å²) in [6.45, 7) is 2.00. The maximum absolute atomic E-state index is 5.88. The van der Waals surface area contributed by atoms with Crippen molar-refractivity contribution in [3.63, 3.8) is 0 Å². The lowest BCUT2D eigenvalue weighted by atomic mass is 10.2. The number of pyridine rings is 1. The minimum Gasteiger partial charge on any atom is -0.486 e. The minimum atomic E-state index is 0.0250. The molecule has 5 heteroatoms. The van der Waals surface area contributed by atoms with Crippen LogP contribution >= 0.6 is 15.9 Å². The predicted octanol–water partition coefficient (Wildman–Crippen LogP) is 2.77. The van der Waals surface area contributed by atoms with E-state index in [0.717, 1.165) is 28.3 Å². The van der Waals surface area contributed by atoms with Gasteiger partial charge in [0.1, 0.15) is 17.3 Å². The van der Waals surface area contributed by atoms with Gasteiger partial charge in [-0.3, -0.25) is 0 Å². The van der Waals surface area contributed by atoms with Crippen molar-refractivity contribution in [1.82, 2.24) is 10.3 Å². The van der Waals surface area contributed by atoms with E-state index in [0.29, 0.717) is 13.2 Å². The molecule has 1 aromatic carbocycles. The summed E-state index contributed by atoms with van der Waals surface area (Å²) in [6, 6.07) is 13.6. The van der Waals surface area contributed by atoms with Crippen LogP contribution in [0.2, 0.25) is 0 Å². The molecule has 1 N–H and O–H groups in total. The van der Waals surface area contributed by atoms with Crippen molar-refractivity contribution in [3.05, 3.63) is 52.8 Å². The summed E-state index contributed by atoms with van der Waals surface area (Å²) in [4.78, 5) is 4.37. The Bertz CT molecular complexity index is 592. The average molecular weight is 335 g/mol. The van der Waals surface area contributed by atoms with E-state index in [4.69, 9.17) is 9.47 Å². The lowest BCUT2D eigenvalue weighted by Gasteiger charge is -2.26. The van der Waals surface area contributed by atoms with Crippen molar-refractivity contribution in [3.8, 4) is 11.5 Å². The standard InChI is InChI=1S/C15H15BrN2O2/c16-15-7-3-4-11(18-15)8-17-9-12-10-19-13-5-1-2-6-14(13)20-12/h1-7,12,17H,8-10H2. The fourth-order valence-electron chi connectivity index (χ4n) is 2.07. The van der Waals surface area contributed by atoms with Gasteiger partial charge in [-0.25, -0.2) is 4.98 Å². The molecule has 1 aromatic heterocycles. The maximum Gasteiger partial charge on any atom is 0.161 e. The molecule has 0 saturated heterocycles. The number of nitrogens with one attached hydrogen (secondary N) is 1. The third kappa shape index (κ3) is 3.29. The van der Waals surface area contributed by atoms with E-state index in [2.05, 4.69) is 26.2 Å². The van der Waals surface area contributed by atoms with E-state index in [1.165, 1.54) is 0 Å². The van der Waals surface area contributed by atoms with Gasteiger partial charge < -0.3 is 14.8 Å². The molecule has 1 aliphatic heterocycles. The van der Waals surface area contributed by atoms with Crippen LogP contribution in [0.25, 0.3) is 0 Å². The number of ether oxygens (including phenoxy) is 2. The first kappa shape index (κ1) is 13.4. The van der Waals surface area contributed by atoms with Gasteiger partial charge in [-0.15, -0.1) is 0 Å². The van der Waals surface area contributed by atoms with Crippen LogP contribution in [-0.4, -0.2) is 24.2 Å². The Labute approximate surface area is 126 Å². The molecule has 20 heavy (non-hydrogen) atoms. The average Bonchev–Trinajstić information content (AvgIpc) is 2.47. The van der Waals surface area contributed by atoms with Crippen molar-refractivity contribution < 1.29 is 9.47 Å². The molecular weight excluding hydrogens is 320 g/mol. The molecule has 2 heterocycles. The molecule has 1 aliphatic rings. The van der Waals surface area contributed by atoms with Gasteiger partial charge in [0.15, 0.2) is 11.5 Å².